The molecule has 0 aromatic heterocycles. The number of carbonyl (C=O) groups excluding carboxylic acids is 3. The van der Waals surface area contributed by atoms with Gasteiger partial charge in [0.2, 0.25) is 5.91 Å². The third kappa shape index (κ3) is 8.57. The van der Waals surface area contributed by atoms with E-state index in [4.69, 9.17) is 9.84 Å². The van der Waals surface area contributed by atoms with Gasteiger partial charge in [-0.05, 0) is 79.7 Å². The quantitative estimate of drug-likeness (QED) is 0.125. The number of carboxylic acids is 1. The Kier molecular flexibility index (Phi) is 10.3. The van der Waals surface area contributed by atoms with Crippen LogP contribution in [-0.4, -0.2) is 41.2 Å². The van der Waals surface area contributed by atoms with Crippen LogP contribution in [0.25, 0.3) is 6.08 Å². The summed E-state index contributed by atoms with van der Waals surface area (Å²) < 4.78 is 5.40. The van der Waals surface area contributed by atoms with Crippen molar-refractivity contribution in [1.29, 1.82) is 0 Å². The Hall–Kier alpha value is -5.35. The minimum Gasteiger partial charge on any atom is -0.496 e. The number of nitrogens with one attached hydrogen (secondary N) is 3. The van der Waals surface area contributed by atoms with E-state index in [1.807, 2.05) is 0 Å². The van der Waals surface area contributed by atoms with Crippen LogP contribution in [0.15, 0.2) is 114 Å². The van der Waals surface area contributed by atoms with Crippen molar-refractivity contribution < 1.29 is 29.0 Å². The highest BCUT2D eigenvalue weighted by molar-refractivity contribution is 8.00. The molecule has 9 nitrogen and oxygen atoms in total. The number of anilines is 2. The summed E-state index contributed by atoms with van der Waals surface area (Å²) in [5.74, 6) is -1.71. The van der Waals surface area contributed by atoms with Crippen LogP contribution in [0.5, 0.6) is 5.75 Å². The van der Waals surface area contributed by atoms with E-state index in [0.29, 0.717) is 28.3 Å². The van der Waals surface area contributed by atoms with Gasteiger partial charge in [-0.25, -0.2) is 4.79 Å². The fourth-order valence-electron chi connectivity index (χ4n) is 3.90. The zero-order chi connectivity index (χ0) is 30.8. The summed E-state index contributed by atoms with van der Waals surface area (Å²) in [5, 5.41) is 16.9. The molecule has 4 aromatic carbocycles. The summed E-state index contributed by atoms with van der Waals surface area (Å²) in [5.41, 5.74) is 2.16. The molecule has 4 rings (SSSR count). The van der Waals surface area contributed by atoms with E-state index in [0.717, 1.165) is 4.90 Å². The summed E-state index contributed by atoms with van der Waals surface area (Å²) in [6.45, 7) is 1.76. The van der Waals surface area contributed by atoms with Gasteiger partial charge in [0, 0.05) is 27.4 Å². The number of ether oxygens (including phenoxy) is 1. The zero-order valence-corrected chi connectivity index (χ0v) is 24.2. The van der Waals surface area contributed by atoms with Crippen molar-refractivity contribution in [2.24, 2.45) is 0 Å². The van der Waals surface area contributed by atoms with Gasteiger partial charge in [-0.1, -0.05) is 36.4 Å². The first-order valence-corrected chi connectivity index (χ1v) is 14.0. The fraction of sp³-hybridized carbons (Fsp3) is 0.0909. The second-order valence-electron chi connectivity index (χ2n) is 9.23. The number of methoxy groups -OCH3 is 1. The van der Waals surface area contributed by atoms with E-state index >= 15 is 0 Å². The topological polar surface area (TPSA) is 134 Å². The van der Waals surface area contributed by atoms with Gasteiger partial charge in [0.15, 0.2) is 0 Å². The van der Waals surface area contributed by atoms with E-state index in [1.54, 1.807) is 91.9 Å². The minimum absolute atomic E-state index is 0.0264. The number of rotatable bonds is 11. The van der Waals surface area contributed by atoms with Crippen LogP contribution < -0.4 is 20.7 Å². The third-order valence-electron chi connectivity index (χ3n) is 6.16. The molecule has 0 spiro atoms. The molecule has 0 aliphatic carbocycles. The number of hydrogen-bond donors (Lipinski definition) is 4. The Labute approximate surface area is 253 Å². The predicted octanol–water partition coefficient (Wildman–Crippen LogP) is 5.92. The molecule has 1 atom stereocenters. The summed E-state index contributed by atoms with van der Waals surface area (Å²) >= 11 is 1.32. The summed E-state index contributed by atoms with van der Waals surface area (Å²) in [4.78, 5) is 50.7. The zero-order valence-electron chi connectivity index (χ0n) is 23.4. The SMILES string of the molecule is COc1ccccc1/C=C(\NC(=O)c1ccccc1)C(=O)Nc1ccc(SC(C)C(=O)Nc2ccc(C(=O)O)cc2)cc1. The van der Waals surface area contributed by atoms with Gasteiger partial charge in [0.1, 0.15) is 11.4 Å². The molecule has 0 aliphatic heterocycles. The van der Waals surface area contributed by atoms with Crippen molar-refractivity contribution in [1.82, 2.24) is 5.32 Å². The molecule has 4 N–H and O–H groups in total. The largest absolute Gasteiger partial charge is 0.496 e. The second-order valence-corrected chi connectivity index (χ2v) is 10.6. The highest BCUT2D eigenvalue weighted by Crippen LogP contribution is 2.26. The van der Waals surface area contributed by atoms with Crippen LogP contribution in [0.2, 0.25) is 0 Å². The number of thioether (sulfide) groups is 1. The van der Waals surface area contributed by atoms with E-state index in [9.17, 15) is 19.2 Å². The second kappa shape index (κ2) is 14.5. The maximum Gasteiger partial charge on any atom is 0.335 e. The molecule has 43 heavy (non-hydrogen) atoms. The van der Waals surface area contributed by atoms with Crippen molar-refractivity contribution in [3.63, 3.8) is 0 Å². The van der Waals surface area contributed by atoms with Gasteiger partial charge < -0.3 is 25.8 Å². The minimum atomic E-state index is -1.04. The smallest absolute Gasteiger partial charge is 0.335 e. The van der Waals surface area contributed by atoms with Gasteiger partial charge in [-0.15, -0.1) is 11.8 Å². The molecule has 3 amide bonds. The maximum absolute atomic E-state index is 13.3. The van der Waals surface area contributed by atoms with Crippen LogP contribution in [0.4, 0.5) is 11.4 Å². The van der Waals surface area contributed by atoms with E-state index in [2.05, 4.69) is 16.0 Å². The molecule has 10 heteroatoms. The Bertz CT molecular complexity index is 1640. The van der Waals surface area contributed by atoms with Crippen LogP contribution in [-0.2, 0) is 9.59 Å². The lowest BCUT2D eigenvalue weighted by atomic mass is 10.1. The first-order valence-electron chi connectivity index (χ1n) is 13.2. The fourth-order valence-corrected chi connectivity index (χ4v) is 4.76. The predicted molar refractivity (Wildman–Crippen MR) is 167 cm³/mol. The molecule has 0 radical (unpaired) electrons. The molecule has 1 unspecified atom stereocenters. The summed E-state index contributed by atoms with van der Waals surface area (Å²) in [7, 11) is 1.53. The lowest BCUT2D eigenvalue weighted by molar-refractivity contribution is -0.115. The Morgan fingerprint density at radius 3 is 2.02 bits per heavy atom. The standard InChI is InChI=1S/C33H29N3O6S/c1-21(30(37)34-25-14-12-23(13-15-25)33(40)41)43-27-18-16-26(17-19-27)35-32(39)28(20-24-10-6-7-11-29(24)42-2)36-31(38)22-8-4-3-5-9-22/h3-21H,1-2H3,(H,34,37)(H,35,39)(H,36,38)(H,40,41)/b28-20-. The van der Waals surface area contributed by atoms with Crippen molar-refractivity contribution in [2.75, 3.05) is 17.7 Å². The Morgan fingerprint density at radius 1 is 0.767 bits per heavy atom. The van der Waals surface area contributed by atoms with Crippen LogP contribution in [0.1, 0.15) is 33.2 Å². The Morgan fingerprint density at radius 2 is 1.37 bits per heavy atom. The normalized spacial score (nSPS) is 11.6. The van der Waals surface area contributed by atoms with Crippen LogP contribution >= 0.6 is 11.8 Å². The first kappa shape index (κ1) is 30.6. The maximum atomic E-state index is 13.3. The van der Waals surface area contributed by atoms with Crippen molar-refractivity contribution in [3.8, 4) is 5.75 Å². The van der Waals surface area contributed by atoms with Crippen molar-refractivity contribution in [2.45, 2.75) is 17.1 Å². The van der Waals surface area contributed by atoms with E-state index in [1.165, 1.54) is 43.1 Å². The molecule has 4 aromatic rings. The summed E-state index contributed by atoms with van der Waals surface area (Å²) in [6.07, 6.45) is 1.55. The van der Waals surface area contributed by atoms with E-state index in [-0.39, 0.29) is 17.2 Å². The van der Waals surface area contributed by atoms with Gasteiger partial charge in [-0.2, -0.15) is 0 Å². The van der Waals surface area contributed by atoms with Crippen molar-refractivity contribution in [3.05, 3.63) is 126 Å². The lowest BCUT2D eigenvalue weighted by Crippen LogP contribution is -2.30. The van der Waals surface area contributed by atoms with Gasteiger partial charge in [-0.3, -0.25) is 14.4 Å². The first-order chi connectivity index (χ1) is 20.7. The van der Waals surface area contributed by atoms with E-state index < -0.39 is 23.0 Å². The molecule has 0 saturated carbocycles. The number of amides is 3. The molecule has 0 heterocycles. The Balaban J connectivity index is 1.43. The molecule has 0 saturated heterocycles. The molecule has 0 fully saturated rings. The number of carbonyl (C=O) groups is 4. The lowest BCUT2D eigenvalue weighted by Gasteiger charge is -2.14. The molecular weight excluding hydrogens is 566 g/mol. The average molecular weight is 596 g/mol. The highest BCUT2D eigenvalue weighted by Gasteiger charge is 2.18. The number of para-hydroxylation sites is 1. The molecule has 0 bridgehead atoms. The van der Waals surface area contributed by atoms with Crippen LogP contribution in [0.3, 0.4) is 0 Å². The van der Waals surface area contributed by atoms with Gasteiger partial charge >= 0.3 is 5.97 Å². The number of benzene rings is 4. The number of aromatic carboxylic acids is 1. The monoisotopic (exact) mass is 595 g/mol. The molecular formula is C33H29N3O6S. The number of carboxylic acid groups (broad SMARTS) is 1. The van der Waals surface area contributed by atoms with Gasteiger partial charge in [0.25, 0.3) is 11.8 Å². The number of hydrogen-bond acceptors (Lipinski definition) is 6. The highest BCUT2D eigenvalue weighted by atomic mass is 32.2. The third-order valence-corrected chi connectivity index (χ3v) is 7.27. The van der Waals surface area contributed by atoms with Crippen molar-refractivity contribution >= 4 is 52.9 Å². The molecule has 0 aliphatic rings. The average Bonchev–Trinajstić information content (AvgIpc) is 3.02. The molecule has 218 valence electrons. The van der Waals surface area contributed by atoms with Crippen LogP contribution in [0, 0.1) is 0 Å². The summed E-state index contributed by atoms with van der Waals surface area (Å²) in [6, 6.07) is 28.6. The van der Waals surface area contributed by atoms with Gasteiger partial charge in [0.05, 0.1) is 17.9 Å².